The van der Waals surface area contributed by atoms with Crippen molar-refractivity contribution >= 4 is 0 Å². The van der Waals surface area contributed by atoms with Gasteiger partial charge in [0.05, 0.1) is 13.0 Å². The second kappa shape index (κ2) is 5.75. The molecule has 0 aliphatic heterocycles. The van der Waals surface area contributed by atoms with Crippen LogP contribution in [0.4, 0.5) is 0 Å². The smallest absolute Gasteiger partial charge is 0.230 e. The van der Waals surface area contributed by atoms with Crippen LogP contribution in [-0.4, -0.2) is 15.7 Å². The van der Waals surface area contributed by atoms with Gasteiger partial charge in [-0.1, -0.05) is 18.2 Å². The first-order chi connectivity index (χ1) is 9.33. The van der Waals surface area contributed by atoms with Gasteiger partial charge in [-0.2, -0.15) is 0 Å². The maximum absolute atomic E-state index is 5.67. The summed E-state index contributed by atoms with van der Waals surface area (Å²) in [5, 5.41) is 11.5. The van der Waals surface area contributed by atoms with E-state index in [1.54, 1.807) is 0 Å². The highest BCUT2D eigenvalue weighted by Crippen LogP contribution is 2.14. The molecule has 1 aromatic carbocycles. The Morgan fingerprint density at radius 2 is 1.75 bits per heavy atom. The van der Waals surface area contributed by atoms with Gasteiger partial charge in [0, 0.05) is 5.54 Å². The molecule has 4 heteroatoms. The molecule has 108 valence electrons. The lowest BCUT2D eigenvalue weighted by Gasteiger charge is -2.18. The Labute approximate surface area is 120 Å². The molecule has 0 aliphatic rings. The lowest BCUT2D eigenvalue weighted by atomic mass is 10.0. The minimum absolute atomic E-state index is 0.0443. The molecular weight excluding hydrogens is 250 g/mol. The molecule has 0 saturated heterocycles. The van der Waals surface area contributed by atoms with E-state index in [4.69, 9.17) is 4.42 Å². The molecule has 0 atom stereocenters. The molecule has 1 aromatic heterocycles. The molecule has 0 unspecified atom stereocenters. The molecule has 2 rings (SSSR count). The molecule has 0 spiro atoms. The molecular formula is C16H23N3O. The number of aryl methyl sites for hydroxylation is 2. The van der Waals surface area contributed by atoms with Crippen molar-refractivity contribution in [1.82, 2.24) is 15.5 Å². The minimum Gasteiger partial charge on any atom is -0.424 e. The zero-order valence-electron chi connectivity index (χ0n) is 12.9. The average Bonchev–Trinajstić information content (AvgIpc) is 2.78. The first kappa shape index (κ1) is 14.7. The molecule has 0 bridgehead atoms. The standard InChI is InChI=1S/C16H23N3O/c1-11-6-7-13(8-12(11)2)9-14-18-19-15(20-14)10-17-16(3,4)5/h6-8,17H,9-10H2,1-5H3. The molecule has 0 fully saturated rings. The van der Waals surface area contributed by atoms with Crippen molar-refractivity contribution in [3.63, 3.8) is 0 Å². The molecule has 2 aromatic rings. The highest BCUT2D eigenvalue weighted by molar-refractivity contribution is 5.31. The lowest BCUT2D eigenvalue weighted by molar-refractivity contribution is 0.373. The van der Waals surface area contributed by atoms with Gasteiger partial charge in [-0.3, -0.25) is 0 Å². The number of rotatable bonds is 4. The van der Waals surface area contributed by atoms with E-state index in [-0.39, 0.29) is 5.54 Å². The monoisotopic (exact) mass is 273 g/mol. The van der Waals surface area contributed by atoms with Crippen LogP contribution in [0.15, 0.2) is 22.6 Å². The van der Waals surface area contributed by atoms with Crippen LogP contribution >= 0.6 is 0 Å². The molecule has 1 heterocycles. The van der Waals surface area contributed by atoms with Crippen molar-refractivity contribution in [2.75, 3.05) is 0 Å². The number of aromatic nitrogens is 2. The Balaban J connectivity index is 2.00. The molecule has 0 radical (unpaired) electrons. The van der Waals surface area contributed by atoms with E-state index in [0.29, 0.717) is 24.7 Å². The Kier molecular flexibility index (Phi) is 4.23. The van der Waals surface area contributed by atoms with Crippen molar-refractivity contribution in [2.24, 2.45) is 0 Å². The quantitative estimate of drug-likeness (QED) is 0.929. The second-order valence-corrected chi connectivity index (χ2v) is 6.29. The van der Waals surface area contributed by atoms with Crippen molar-refractivity contribution < 1.29 is 4.42 Å². The van der Waals surface area contributed by atoms with Crippen LogP contribution in [0.2, 0.25) is 0 Å². The zero-order chi connectivity index (χ0) is 14.8. The van der Waals surface area contributed by atoms with Crippen molar-refractivity contribution in [1.29, 1.82) is 0 Å². The van der Waals surface area contributed by atoms with Gasteiger partial charge in [0.1, 0.15) is 0 Å². The van der Waals surface area contributed by atoms with Gasteiger partial charge < -0.3 is 9.73 Å². The van der Waals surface area contributed by atoms with Gasteiger partial charge in [-0.25, -0.2) is 0 Å². The SMILES string of the molecule is Cc1ccc(Cc2nnc(CNC(C)(C)C)o2)cc1C. The van der Waals surface area contributed by atoms with Crippen LogP contribution in [-0.2, 0) is 13.0 Å². The number of nitrogens with zero attached hydrogens (tertiary/aromatic N) is 2. The van der Waals surface area contributed by atoms with Gasteiger partial charge in [-0.05, 0) is 51.3 Å². The van der Waals surface area contributed by atoms with Gasteiger partial charge in [0.2, 0.25) is 11.8 Å². The summed E-state index contributed by atoms with van der Waals surface area (Å²) in [7, 11) is 0. The third kappa shape index (κ3) is 4.17. The summed E-state index contributed by atoms with van der Waals surface area (Å²) >= 11 is 0. The third-order valence-corrected chi connectivity index (χ3v) is 3.21. The van der Waals surface area contributed by atoms with E-state index in [1.807, 2.05) is 0 Å². The first-order valence-electron chi connectivity index (χ1n) is 6.96. The zero-order valence-corrected chi connectivity index (χ0v) is 12.9. The van der Waals surface area contributed by atoms with E-state index < -0.39 is 0 Å². The summed E-state index contributed by atoms with van der Waals surface area (Å²) in [4.78, 5) is 0. The van der Waals surface area contributed by atoms with Crippen LogP contribution in [0.3, 0.4) is 0 Å². The fourth-order valence-electron chi connectivity index (χ4n) is 1.86. The van der Waals surface area contributed by atoms with Crippen LogP contribution in [0.1, 0.15) is 49.2 Å². The first-order valence-corrected chi connectivity index (χ1v) is 6.96. The van der Waals surface area contributed by atoms with Gasteiger partial charge in [0.15, 0.2) is 0 Å². The highest BCUT2D eigenvalue weighted by Gasteiger charge is 2.12. The molecule has 0 aliphatic carbocycles. The second-order valence-electron chi connectivity index (χ2n) is 6.29. The Bertz CT molecular complexity index is 582. The Morgan fingerprint density at radius 1 is 1.05 bits per heavy atom. The summed E-state index contributed by atoms with van der Waals surface area (Å²) in [5.41, 5.74) is 3.83. The number of benzene rings is 1. The summed E-state index contributed by atoms with van der Waals surface area (Å²) in [5.74, 6) is 1.30. The largest absolute Gasteiger partial charge is 0.424 e. The molecule has 0 amide bonds. The molecule has 4 nitrogen and oxygen atoms in total. The van der Waals surface area contributed by atoms with E-state index in [2.05, 4.69) is 68.3 Å². The van der Waals surface area contributed by atoms with Crippen molar-refractivity contribution in [2.45, 2.75) is 53.1 Å². The average molecular weight is 273 g/mol. The summed E-state index contributed by atoms with van der Waals surface area (Å²) < 4.78 is 5.67. The lowest BCUT2D eigenvalue weighted by Crippen LogP contribution is -2.35. The highest BCUT2D eigenvalue weighted by atomic mass is 16.4. The van der Waals surface area contributed by atoms with Crippen molar-refractivity contribution in [3.8, 4) is 0 Å². The molecule has 0 saturated carbocycles. The maximum atomic E-state index is 5.67. The normalized spacial score (nSPS) is 11.8. The van der Waals surface area contributed by atoms with Crippen LogP contribution in [0, 0.1) is 13.8 Å². The predicted octanol–water partition coefficient (Wildman–Crippen LogP) is 3.17. The molecule has 20 heavy (non-hydrogen) atoms. The third-order valence-electron chi connectivity index (χ3n) is 3.21. The maximum Gasteiger partial charge on any atom is 0.230 e. The van der Waals surface area contributed by atoms with Crippen molar-refractivity contribution in [3.05, 3.63) is 46.7 Å². The van der Waals surface area contributed by atoms with Gasteiger partial charge in [-0.15, -0.1) is 10.2 Å². The number of nitrogens with one attached hydrogen (secondary N) is 1. The molecule has 1 N–H and O–H groups in total. The van der Waals surface area contributed by atoms with Crippen LogP contribution < -0.4 is 5.32 Å². The number of hydrogen-bond acceptors (Lipinski definition) is 4. The van der Waals surface area contributed by atoms with Gasteiger partial charge in [0.25, 0.3) is 0 Å². The van der Waals surface area contributed by atoms with E-state index in [9.17, 15) is 0 Å². The Morgan fingerprint density at radius 3 is 2.40 bits per heavy atom. The Hall–Kier alpha value is -1.68. The van der Waals surface area contributed by atoms with E-state index >= 15 is 0 Å². The minimum atomic E-state index is 0.0443. The topological polar surface area (TPSA) is 51.0 Å². The summed E-state index contributed by atoms with van der Waals surface area (Å²) in [6.45, 7) is 11.2. The predicted molar refractivity (Wildman–Crippen MR) is 79.6 cm³/mol. The number of hydrogen-bond donors (Lipinski definition) is 1. The summed E-state index contributed by atoms with van der Waals surface area (Å²) in [6, 6.07) is 6.41. The van der Waals surface area contributed by atoms with E-state index in [0.717, 1.165) is 0 Å². The van der Waals surface area contributed by atoms with E-state index in [1.165, 1.54) is 16.7 Å². The van der Waals surface area contributed by atoms with Gasteiger partial charge >= 0.3 is 0 Å². The fraction of sp³-hybridized carbons (Fsp3) is 0.500. The van der Waals surface area contributed by atoms with Crippen LogP contribution in [0.25, 0.3) is 0 Å². The fourth-order valence-corrected chi connectivity index (χ4v) is 1.86. The van der Waals surface area contributed by atoms with Crippen LogP contribution in [0.5, 0.6) is 0 Å². The summed E-state index contributed by atoms with van der Waals surface area (Å²) in [6.07, 6.45) is 0.684.